The van der Waals surface area contributed by atoms with Crippen LogP contribution in [0.15, 0.2) is 65.7 Å². The Balaban J connectivity index is 2.08. The van der Waals surface area contributed by atoms with E-state index in [-0.39, 0.29) is 12.1 Å². The molecule has 0 aliphatic carbocycles. The summed E-state index contributed by atoms with van der Waals surface area (Å²) in [7, 11) is 0. The first-order valence-corrected chi connectivity index (χ1v) is 6.85. The number of amides is 1. The normalized spacial score (nSPS) is 21.2. The van der Waals surface area contributed by atoms with Gasteiger partial charge in [-0.25, -0.2) is 4.79 Å². The van der Waals surface area contributed by atoms with Crippen LogP contribution in [0.5, 0.6) is 0 Å². The molecule has 1 amide bonds. The van der Waals surface area contributed by atoms with Crippen LogP contribution in [0.2, 0.25) is 0 Å². The molecule has 21 heavy (non-hydrogen) atoms. The molecule has 106 valence electrons. The molecule has 2 atom stereocenters. The largest absolute Gasteiger partial charge is 0.465 e. The second-order valence-corrected chi connectivity index (χ2v) is 5.04. The topological polar surface area (TPSA) is 52.9 Å². The van der Waals surface area contributed by atoms with E-state index in [1.54, 1.807) is 6.92 Å². The molecule has 0 bridgehead atoms. The van der Waals surface area contributed by atoms with Crippen LogP contribution in [0, 0.1) is 0 Å². The Morgan fingerprint density at radius 1 is 1.00 bits per heavy atom. The van der Waals surface area contributed by atoms with Crippen molar-refractivity contribution in [2.75, 3.05) is 0 Å². The Labute approximate surface area is 123 Å². The Bertz CT molecular complexity index is 668. The molecular formula is C17H16N2O2. The third-order valence-corrected chi connectivity index (χ3v) is 3.74. The van der Waals surface area contributed by atoms with Crippen molar-refractivity contribution in [3.05, 3.63) is 71.8 Å². The predicted molar refractivity (Wildman–Crippen MR) is 81.3 cm³/mol. The van der Waals surface area contributed by atoms with Gasteiger partial charge in [-0.2, -0.15) is 0 Å². The highest BCUT2D eigenvalue weighted by atomic mass is 16.4. The Morgan fingerprint density at radius 2 is 1.52 bits per heavy atom. The van der Waals surface area contributed by atoms with E-state index < -0.39 is 6.09 Å². The number of hydrogen-bond donors (Lipinski definition) is 1. The first-order chi connectivity index (χ1) is 10.2. The van der Waals surface area contributed by atoms with Gasteiger partial charge in [0, 0.05) is 0 Å². The third kappa shape index (κ3) is 2.40. The number of amidine groups is 1. The summed E-state index contributed by atoms with van der Waals surface area (Å²) in [4.78, 5) is 17.6. The van der Waals surface area contributed by atoms with Gasteiger partial charge in [-0.1, -0.05) is 60.7 Å². The maximum absolute atomic E-state index is 11.6. The minimum atomic E-state index is -0.969. The number of benzene rings is 2. The van der Waals surface area contributed by atoms with Gasteiger partial charge in [0.25, 0.3) is 0 Å². The molecule has 0 saturated carbocycles. The van der Waals surface area contributed by atoms with Gasteiger partial charge in [-0.15, -0.1) is 0 Å². The molecule has 2 aromatic carbocycles. The van der Waals surface area contributed by atoms with Crippen molar-refractivity contribution < 1.29 is 9.90 Å². The summed E-state index contributed by atoms with van der Waals surface area (Å²) in [5, 5.41) is 9.53. The van der Waals surface area contributed by atoms with E-state index >= 15 is 0 Å². The van der Waals surface area contributed by atoms with Crippen LogP contribution in [0.1, 0.15) is 30.1 Å². The first-order valence-electron chi connectivity index (χ1n) is 6.85. The molecule has 0 spiro atoms. The zero-order chi connectivity index (χ0) is 14.8. The van der Waals surface area contributed by atoms with Gasteiger partial charge >= 0.3 is 6.09 Å². The van der Waals surface area contributed by atoms with Crippen LogP contribution in [0.25, 0.3) is 0 Å². The number of rotatable bonds is 2. The highest BCUT2D eigenvalue weighted by molar-refractivity contribution is 5.95. The van der Waals surface area contributed by atoms with Crippen molar-refractivity contribution in [1.82, 2.24) is 4.90 Å². The average molecular weight is 280 g/mol. The van der Waals surface area contributed by atoms with Crippen molar-refractivity contribution in [2.24, 2.45) is 4.99 Å². The number of nitrogens with zero attached hydrogens (tertiary/aromatic N) is 2. The monoisotopic (exact) mass is 280 g/mol. The Morgan fingerprint density at radius 3 is 2.05 bits per heavy atom. The maximum atomic E-state index is 11.6. The van der Waals surface area contributed by atoms with Crippen LogP contribution in [-0.4, -0.2) is 21.9 Å². The van der Waals surface area contributed by atoms with Crippen LogP contribution in [-0.2, 0) is 0 Å². The molecule has 0 aromatic heterocycles. The molecule has 1 heterocycles. The van der Waals surface area contributed by atoms with Gasteiger partial charge in [-0.3, -0.25) is 9.89 Å². The van der Waals surface area contributed by atoms with E-state index in [1.165, 1.54) is 4.90 Å². The molecule has 4 heteroatoms. The van der Waals surface area contributed by atoms with Crippen molar-refractivity contribution >= 4 is 11.9 Å². The molecule has 0 fully saturated rings. The third-order valence-electron chi connectivity index (χ3n) is 3.74. The zero-order valence-corrected chi connectivity index (χ0v) is 11.7. The van der Waals surface area contributed by atoms with Gasteiger partial charge < -0.3 is 5.11 Å². The SMILES string of the molecule is CC1=N[C@H](c2ccccc2)[C@H](c2ccccc2)N1C(=O)O. The van der Waals surface area contributed by atoms with Crippen molar-refractivity contribution in [3.63, 3.8) is 0 Å². The van der Waals surface area contributed by atoms with Crippen molar-refractivity contribution in [3.8, 4) is 0 Å². The van der Waals surface area contributed by atoms with Gasteiger partial charge in [0.1, 0.15) is 11.9 Å². The highest BCUT2D eigenvalue weighted by Gasteiger charge is 2.39. The second-order valence-electron chi connectivity index (χ2n) is 5.04. The lowest BCUT2D eigenvalue weighted by Crippen LogP contribution is -2.34. The van der Waals surface area contributed by atoms with Crippen LogP contribution < -0.4 is 0 Å². The fourth-order valence-corrected chi connectivity index (χ4v) is 2.82. The zero-order valence-electron chi connectivity index (χ0n) is 11.7. The number of carbonyl (C=O) groups is 1. The number of aliphatic imine (C=N–C) groups is 1. The minimum absolute atomic E-state index is 0.204. The van der Waals surface area contributed by atoms with Gasteiger partial charge in [0.15, 0.2) is 0 Å². The summed E-state index contributed by atoms with van der Waals surface area (Å²) in [6.45, 7) is 1.74. The highest BCUT2D eigenvalue weighted by Crippen LogP contribution is 2.41. The van der Waals surface area contributed by atoms with Gasteiger partial charge in [-0.05, 0) is 18.1 Å². The summed E-state index contributed by atoms with van der Waals surface area (Å²) < 4.78 is 0. The Kier molecular flexibility index (Phi) is 3.44. The molecule has 1 aliphatic heterocycles. The minimum Gasteiger partial charge on any atom is -0.465 e. The van der Waals surface area contributed by atoms with Crippen molar-refractivity contribution in [1.29, 1.82) is 0 Å². The molecular weight excluding hydrogens is 264 g/mol. The fraction of sp³-hybridized carbons (Fsp3) is 0.176. The van der Waals surface area contributed by atoms with Gasteiger partial charge in [0.2, 0.25) is 0 Å². The Hall–Kier alpha value is -2.62. The lowest BCUT2D eigenvalue weighted by molar-refractivity contribution is 0.156. The predicted octanol–water partition coefficient (Wildman–Crippen LogP) is 3.88. The molecule has 0 radical (unpaired) electrons. The van der Waals surface area contributed by atoms with E-state index in [4.69, 9.17) is 0 Å². The van der Waals surface area contributed by atoms with Crippen LogP contribution in [0.4, 0.5) is 4.79 Å². The summed E-state index contributed by atoms with van der Waals surface area (Å²) in [5.74, 6) is 0.533. The summed E-state index contributed by atoms with van der Waals surface area (Å²) >= 11 is 0. The molecule has 0 unspecified atom stereocenters. The second kappa shape index (κ2) is 5.40. The molecule has 1 aliphatic rings. The van der Waals surface area contributed by atoms with E-state index in [0.717, 1.165) is 11.1 Å². The number of hydrogen-bond acceptors (Lipinski definition) is 2. The quantitative estimate of drug-likeness (QED) is 0.907. The fourth-order valence-electron chi connectivity index (χ4n) is 2.82. The average Bonchev–Trinajstić information content (AvgIpc) is 2.86. The standard InChI is InChI=1S/C17H16N2O2/c1-12-18-15(13-8-4-2-5-9-13)16(19(12)17(20)21)14-10-6-3-7-11-14/h2-11,15-16H,1H3,(H,20,21)/t15-,16+/m1/s1. The van der Waals surface area contributed by atoms with Gasteiger partial charge in [0.05, 0.1) is 6.04 Å². The van der Waals surface area contributed by atoms with E-state index in [0.29, 0.717) is 5.84 Å². The van der Waals surface area contributed by atoms with Crippen molar-refractivity contribution in [2.45, 2.75) is 19.0 Å². The molecule has 0 saturated heterocycles. The summed E-state index contributed by atoms with van der Waals surface area (Å²) in [6, 6.07) is 19.0. The molecule has 3 rings (SSSR count). The first kappa shape index (κ1) is 13.4. The van der Waals surface area contributed by atoms with E-state index in [1.807, 2.05) is 60.7 Å². The molecule has 2 aromatic rings. The smallest absolute Gasteiger partial charge is 0.413 e. The molecule has 1 N–H and O–H groups in total. The lowest BCUT2D eigenvalue weighted by Gasteiger charge is -2.26. The lowest BCUT2D eigenvalue weighted by atomic mass is 9.94. The summed E-state index contributed by atoms with van der Waals surface area (Å²) in [6.07, 6.45) is -0.969. The summed E-state index contributed by atoms with van der Waals surface area (Å²) in [5.41, 5.74) is 1.98. The number of carboxylic acid groups (broad SMARTS) is 1. The van der Waals surface area contributed by atoms with E-state index in [2.05, 4.69) is 4.99 Å². The maximum Gasteiger partial charge on any atom is 0.413 e. The van der Waals surface area contributed by atoms with Crippen LogP contribution >= 0.6 is 0 Å². The molecule has 4 nitrogen and oxygen atoms in total. The van der Waals surface area contributed by atoms with E-state index in [9.17, 15) is 9.90 Å². The van der Waals surface area contributed by atoms with Crippen LogP contribution in [0.3, 0.4) is 0 Å².